The van der Waals surface area contributed by atoms with E-state index in [2.05, 4.69) is 17.0 Å². The summed E-state index contributed by atoms with van der Waals surface area (Å²) in [6.45, 7) is 2.95. The summed E-state index contributed by atoms with van der Waals surface area (Å²) in [4.78, 5) is 2.35. The van der Waals surface area contributed by atoms with Crippen molar-refractivity contribution in [3.63, 3.8) is 0 Å². The SMILES string of the molecule is OC(c1ccccc1)(c1ccccc1)[C@H](c1ccccc1)N1CCOCC1. The number of rotatable bonds is 5. The molecule has 3 aromatic carbocycles. The summed E-state index contributed by atoms with van der Waals surface area (Å²) in [5, 5.41) is 12.3. The van der Waals surface area contributed by atoms with E-state index in [9.17, 15) is 5.11 Å². The summed E-state index contributed by atoms with van der Waals surface area (Å²) in [6, 6.07) is 30.1. The molecule has 0 aromatic heterocycles. The van der Waals surface area contributed by atoms with E-state index in [0.29, 0.717) is 13.2 Å². The molecule has 1 aliphatic heterocycles. The van der Waals surface area contributed by atoms with Crippen LogP contribution < -0.4 is 0 Å². The third-order valence-corrected chi connectivity index (χ3v) is 5.35. The van der Waals surface area contributed by atoms with Crippen LogP contribution in [0.2, 0.25) is 0 Å². The molecule has 3 nitrogen and oxygen atoms in total. The lowest BCUT2D eigenvalue weighted by Crippen LogP contribution is -2.49. The standard InChI is InChI=1S/C24H25NO2/c26-24(21-12-6-2-7-13-21,22-14-8-3-9-15-22)23(20-10-4-1-5-11-20)25-16-18-27-19-17-25/h1-15,23,26H,16-19H2/t23-/m0/s1. The Morgan fingerprint density at radius 2 is 1.15 bits per heavy atom. The number of aliphatic hydroxyl groups is 1. The van der Waals surface area contributed by atoms with Crippen molar-refractivity contribution in [3.8, 4) is 0 Å². The van der Waals surface area contributed by atoms with Gasteiger partial charge in [-0.15, -0.1) is 0 Å². The van der Waals surface area contributed by atoms with Gasteiger partial charge >= 0.3 is 0 Å². The molecule has 0 unspecified atom stereocenters. The second kappa shape index (κ2) is 8.05. The molecule has 1 fully saturated rings. The average Bonchev–Trinajstić information content (AvgIpc) is 2.76. The maximum Gasteiger partial charge on any atom is 0.134 e. The molecule has 0 radical (unpaired) electrons. The van der Waals surface area contributed by atoms with E-state index >= 15 is 0 Å². The first-order valence-corrected chi connectivity index (χ1v) is 9.50. The van der Waals surface area contributed by atoms with Gasteiger partial charge in [0.25, 0.3) is 0 Å². The van der Waals surface area contributed by atoms with Gasteiger partial charge in [0.2, 0.25) is 0 Å². The number of ether oxygens (including phenoxy) is 1. The van der Waals surface area contributed by atoms with Crippen molar-refractivity contribution in [3.05, 3.63) is 108 Å². The molecular formula is C24H25NO2. The summed E-state index contributed by atoms with van der Waals surface area (Å²) in [5.41, 5.74) is 1.74. The average molecular weight is 359 g/mol. The van der Waals surface area contributed by atoms with E-state index in [-0.39, 0.29) is 6.04 Å². The van der Waals surface area contributed by atoms with Gasteiger partial charge in [0.05, 0.1) is 19.3 Å². The lowest BCUT2D eigenvalue weighted by Gasteiger charge is -2.45. The van der Waals surface area contributed by atoms with Crippen LogP contribution in [0.4, 0.5) is 0 Å². The molecule has 3 aromatic rings. The van der Waals surface area contributed by atoms with Crippen molar-refractivity contribution in [1.29, 1.82) is 0 Å². The van der Waals surface area contributed by atoms with Crippen LogP contribution in [-0.2, 0) is 10.3 Å². The number of hydrogen-bond acceptors (Lipinski definition) is 3. The fourth-order valence-electron chi connectivity index (χ4n) is 4.05. The molecule has 3 heteroatoms. The van der Waals surface area contributed by atoms with Crippen molar-refractivity contribution in [2.75, 3.05) is 26.3 Å². The molecule has 27 heavy (non-hydrogen) atoms. The first-order valence-electron chi connectivity index (χ1n) is 9.50. The van der Waals surface area contributed by atoms with Gasteiger partial charge in [-0.25, -0.2) is 0 Å². The Hall–Kier alpha value is -2.46. The van der Waals surface area contributed by atoms with E-state index in [1.54, 1.807) is 0 Å². The zero-order valence-electron chi connectivity index (χ0n) is 15.4. The second-order valence-corrected chi connectivity index (χ2v) is 6.96. The lowest BCUT2D eigenvalue weighted by atomic mass is 9.76. The highest BCUT2D eigenvalue weighted by molar-refractivity contribution is 5.41. The largest absolute Gasteiger partial charge is 0.379 e. The van der Waals surface area contributed by atoms with Gasteiger partial charge < -0.3 is 9.84 Å². The zero-order chi connectivity index (χ0) is 18.5. The van der Waals surface area contributed by atoms with Gasteiger partial charge in [-0.3, -0.25) is 4.90 Å². The molecule has 4 rings (SSSR count). The molecular weight excluding hydrogens is 334 g/mol. The van der Waals surface area contributed by atoms with Gasteiger partial charge in [0.1, 0.15) is 5.60 Å². The van der Waals surface area contributed by atoms with E-state index in [0.717, 1.165) is 29.8 Å². The molecule has 0 amide bonds. The third kappa shape index (κ3) is 3.54. The highest BCUT2D eigenvalue weighted by Crippen LogP contribution is 2.44. The first kappa shape index (κ1) is 17.9. The predicted octanol–water partition coefficient (Wildman–Crippen LogP) is 4.00. The quantitative estimate of drug-likeness (QED) is 0.747. The molecule has 0 bridgehead atoms. The van der Waals surface area contributed by atoms with Crippen LogP contribution >= 0.6 is 0 Å². The van der Waals surface area contributed by atoms with Gasteiger partial charge in [-0.05, 0) is 16.7 Å². The Labute approximate surface area is 160 Å². The van der Waals surface area contributed by atoms with Crippen LogP contribution in [0.1, 0.15) is 22.7 Å². The number of morpholine rings is 1. The van der Waals surface area contributed by atoms with Gasteiger partial charge in [0.15, 0.2) is 0 Å². The fourth-order valence-corrected chi connectivity index (χ4v) is 4.05. The highest BCUT2D eigenvalue weighted by atomic mass is 16.5. The summed E-state index contributed by atoms with van der Waals surface area (Å²) in [7, 11) is 0. The van der Waals surface area contributed by atoms with Crippen molar-refractivity contribution < 1.29 is 9.84 Å². The number of hydrogen-bond donors (Lipinski definition) is 1. The third-order valence-electron chi connectivity index (χ3n) is 5.35. The molecule has 1 atom stereocenters. The molecule has 1 N–H and O–H groups in total. The van der Waals surface area contributed by atoms with Gasteiger partial charge in [-0.2, -0.15) is 0 Å². The Kier molecular flexibility index (Phi) is 5.35. The first-order chi connectivity index (χ1) is 13.3. The van der Waals surface area contributed by atoms with E-state index in [1.807, 2.05) is 78.9 Å². The lowest BCUT2D eigenvalue weighted by molar-refractivity contribution is -0.0619. The van der Waals surface area contributed by atoms with Gasteiger partial charge in [0, 0.05) is 13.1 Å². The number of nitrogens with zero attached hydrogens (tertiary/aromatic N) is 1. The minimum atomic E-state index is -1.17. The predicted molar refractivity (Wildman–Crippen MR) is 107 cm³/mol. The second-order valence-electron chi connectivity index (χ2n) is 6.96. The van der Waals surface area contributed by atoms with Crippen LogP contribution in [0.3, 0.4) is 0 Å². The Morgan fingerprint density at radius 1 is 0.704 bits per heavy atom. The van der Waals surface area contributed by atoms with Crippen LogP contribution in [0.15, 0.2) is 91.0 Å². The van der Waals surface area contributed by atoms with E-state index in [1.165, 1.54) is 0 Å². The van der Waals surface area contributed by atoms with Crippen LogP contribution in [0, 0.1) is 0 Å². The minimum absolute atomic E-state index is 0.201. The summed E-state index contributed by atoms with van der Waals surface area (Å²) in [5.74, 6) is 0. The fraction of sp³-hybridized carbons (Fsp3) is 0.250. The van der Waals surface area contributed by atoms with Crippen molar-refractivity contribution in [2.24, 2.45) is 0 Å². The molecule has 0 aliphatic carbocycles. The van der Waals surface area contributed by atoms with Crippen molar-refractivity contribution >= 4 is 0 Å². The van der Waals surface area contributed by atoms with Gasteiger partial charge in [-0.1, -0.05) is 91.0 Å². The number of benzene rings is 3. The van der Waals surface area contributed by atoms with Crippen LogP contribution in [-0.4, -0.2) is 36.3 Å². The molecule has 1 heterocycles. The molecule has 1 aliphatic rings. The topological polar surface area (TPSA) is 32.7 Å². The van der Waals surface area contributed by atoms with Crippen LogP contribution in [0.25, 0.3) is 0 Å². The Morgan fingerprint density at radius 3 is 1.63 bits per heavy atom. The summed E-state index contributed by atoms with van der Waals surface area (Å²) >= 11 is 0. The summed E-state index contributed by atoms with van der Waals surface area (Å²) < 4.78 is 5.59. The summed E-state index contributed by atoms with van der Waals surface area (Å²) in [6.07, 6.45) is 0. The molecule has 0 saturated carbocycles. The normalized spacial score (nSPS) is 16.8. The Balaban J connectivity index is 1.91. The van der Waals surface area contributed by atoms with Crippen molar-refractivity contribution in [1.82, 2.24) is 4.90 Å². The van der Waals surface area contributed by atoms with Crippen molar-refractivity contribution in [2.45, 2.75) is 11.6 Å². The van der Waals surface area contributed by atoms with E-state index in [4.69, 9.17) is 4.74 Å². The molecule has 138 valence electrons. The van der Waals surface area contributed by atoms with Crippen LogP contribution in [0.5, 0.6) is 0 Å². The smallest absolute Gasteiger partial charge is 0.134 e. The Bertz CT molecular complexity index is 791. The highest BCUT2D eigenvalue weighted by Gasteiger charge is 2.44. The van der Waals surface area contributed by atoms with E-state index < -0.39 is 5.60 Å². The zero-order valence-corrected chi connectivity index (χ0v) is 15.4. The minimum Gasteiger partial charge on any atom is -0.379 e. The monoisotopic (exact) mass is 359 g/mol. The molecule has 0 spiro atoms. The maximum absolute atomic E-state index is 12.3. The maximum atomic E-state index is 12.3. The molecule has 1 saturated heterocycles.